The van der Waals surface area contributed by atoms with Crippen LogP contribution in [0, 0.1) is 0 Å². The summed E-state index contributed by atoms with van der Waals surface area (Å²) in [6.07, 6.45) is 0.958. The molecule has 0 radical (unpaired) electrons. The predicted octanol–water partition coefficient (Wildman–Crippen LogP) is 6.32. The first-order valence-electron chi connectivity index (χ1n) is 11.7. The topological polar surface area (TPSA) is 101 Å². The molecule has 0 aromatic heterocycles. The lowest BCUT2D eigenvalue weighted by molar-refractivity contribution is 0.284. The van der Waals surface area contributed by atoms with E-state index in [4.69, 9.17) is 34.7 Å². The molecule has 0 unspecified atom stereocenters. The molecule has 0 aliphatic rings. The number of benzene rings is 4. The summed E-state index contributed by atoms with van der Waals surface area (Å²) in [4.78, 5) is 0. The van der Waals surface area contributed by atoms with E-state index in [0.29, 0.717) is 40.4 Å². The van der Waals surface area contributed by atoms with Crippen molar-refractivity contribution in [3.05, 3.63) is 83.4 Å². The molecule has 8 nitrogen and oxygen atoms in total. The Hall–Kier alpha value is -4.08. The van der Waals surface area contributed by atoms with Gasteiger partial charge < -0.3 is 28.2 Å². The highest BCUT2D eigenvalue weighted by Gasteiger charge is 2.27. The van der Waals surface area contributed by atoms with Gasteiger partial charge in [0.1, 0.15) is 18.1 Å². The van der Waals surface area contributed by atoms with Gasteiger partial charge >= 0.3 is 10.1 Å². The molecule has 0 amide bonds. The number of halogens is 1. The van der Waals surface area contributed by atoms with E-state index in [0.717, 1.165) is 11.8 Å². The highest BCUT2D eigenvalue weighted by atomic mass is 35.5. The van der Waals surface area contributed by atoms with Gasteiger partial charge in [0.05, 0.1) is 43.7 Å². The standard InChI is InChI=1S/C29H27ClO8S/c1-34-23-16-20(12-15-22(23)37-17-18-8-6-5-7-9-18)25-27(31)29(36-3)24(26(30)28(25)35-2)19-10-13-21(14-11-19)38-39(4,32)33/h5-16,31H,17H2,1-4H3. The van der Waals surface area contributed by atoms with Crippen LogP contribution in [0.25, 0.3) is 22.3 Å². The second-order valence-electron chi connectivity index (χ2n) is 8.43. The van der Waals surface area contributed by atoms with Gasteiger partial charge in [0.25, 0.3) is 0 Å². The zero-order valence-electron chi connectivity index (χ0n) is 21.7. The van der Waals surface area contributed by atoms with E-state index in [-0.39, 0.29) is 28.0 Å². The number of hydrogen-bond donors (Lipinski definition) is 1. The number of aromatic hydroxyl groups is 1. The molecule has 0 atom stereocenters. The van der Waals surface area contributed by atoms with Gasteiger partial charge in [0, 0.05) is 0 Å². The Labute approximate surface area is 232 Å². The number of hydrogen-bond acceptors (Lipinski definition) is 8. The summed E-state index contributed by atoms with van der Waals surface area (Å²) in [5.41, 5.74) is 2.76. The smallest absolute Gasteiger partial charge is 0.306 e. The summed E-state index contributed by atoms with van der Waals surface area (Å²) in [6.45, 7) is 0.355. The van der Waals surface area contributed by atoms with Crippen LogP contribution in [0.15, 0.2) is 72.8 Å². The van der Waals surface area contributed by atoms with Crippen molar-refractivity contribution in [1.82, 2.24) is 0 Å². The van der Waals surface area contributed by atoms with Gasteiger partial charge in [-0.3, -0.25) is 0 Å². The van der Waals surface area contributed by atoms with Gasteiger partial charge in [0.2, 0.25) is 0 Å². The SMILES string of the molecule is COc1cc(-c2c(O)c(OC)c(-c3ccc(OS(C)(=O)=O)cc3)c(Cl)c2OC)ccc1OCc1ccccc1. The molecule has 0 spiro atoms. The van der Waals surface area contributed by atoms with Crippen LogP contribution in [0.5, 0.6) is 34.5 Å². The molecular formula is C29H27ClO8S. The van der Waals surface area contributed by atoms with Crippen LogP contribution in [0.4, 0.5) is 0 Å². The first kappa shape index (κ1) is 27.9. The van der Waals surface area contributed by atoms with Crippen molar-refractivity contribution in [2.75, 3.05) is 27.6 Å². The normalized spacial score (nSPS) is 11.1. The van der Waals surface area contributed by atoms with Crippen LogP contribution in [0.1, 0.15) is 5.56 Å². The summed E-state index contributed by atoms with van der Waals surface area (Å²) in [6, 6.07) is 21.1. The minimum absolute atomic E-state index is 0.107. The third kappa shape index (κ3) is 6.16. The molecule has 4 rings (SSSR count). The Balaban J connectivity index is 1.77. The van der Waals surface area contributed by atoms with Crippen molar-refractivity contribution in [3.8, 4) is 56.8 Å². The average Bonchev–Trinajstić information content (AvgIpc) is 2.92. The van der Waals surface area contributed by atoms with E-state index in [1.807, 2.05) is 30.3 Å². The molecule has 204 valence electrons. The van der Waals surface area contributed by atoms with Crippen molar-refractivity contribution >= 4 is 21.7 Å². The van der Waals surface area contributed by atoms with Crippen LogP contribution in [-0.2, 0) is 16.7 Å². The van der Waals surface area contributed by atoms with Gasteiger partial charge in [-0.15, -0.1) is 0 Å². The van der Waals surface area contributed by atoms with E-state index < -0.39 is 10.1 Å². The second-order valence-corrected chi connectivity index (χ2v) is 10.4. The summed E-state index contributed by atoms with van der Waals surface area (Å²) in [5.74, 6) is 1.22. The second kappa shape index (κ2) is 11.8. The molecule has 0 saturated carbocycles. The Morgan fingerprint density at radius 2 is 1.41 bits per heavy atom. The van der Waals surface area contributed by atoms with Gasteiger partial charge in [-0.05, 0) is 41.0 Å². The van der Waals surface area contributed by atoms with E-state index in [1.54, 1.807) is 30.3 Å². The number of phenols is 1. The molecule has 4 aromatic carbocycles. The fourth-order valence-electron chi connectivity index (χ4n) is 4.11. The monoisotopic (exact) mass is 570 g/mol. The molecule has 4 aromatic rings. The molecule has 0 aliphatic carbocycles. The molecule has 0 saturated heterocycles. The molecule has 1 N–H and O–H groups in total. The number of ether oxygens (including phenoxy) is 4. The molecule has 39 heavy (non-hydrogen) atoms. The summed E-state index contributed by atoms with van der Waals surface area (Å²) >= 11 is 6.82. The quantitative estimate of drug-likeness (QED) is 0.221. The molecule has 0 aliphatic heterocycles. The van der Waals surface area contributed by atoms with Crippen LogP contribution >= 0.6 is 11.6 Å². The average molecular weight is 571 g/mol. The first-order valence-corrected chi connectivity index (χ1v) is 13.9. The van der Waals surface area contributed by atoms with Crippen molar-refractivity contribution < 1.29 is 36.7 Å². The predicted molar refractivity (Wildman–Crippen MR) is 150 cm³/mol. The lowest BCUT2D eigenvalue weighted by Gasteiger charge is -2.21. The first-order chi connectivity index (χ1) is 18.7. The lowest BCUT2D eigenvalue weighted by atomic mass is 9.96. The summed E-state index contributed by atoms with van der Waals surface area (Å²) in [5, 5.41) is 11.6. The number of methoxy groups -OCH3 is 3. The zero-order chi connectivity index (χ0) is 28.2. The van der Waals surface area contributed by atoms with Gasteiger partial charge in [-0.2, -0.15) is 8.42 Å². The van der Waals surface area contributed by atoms with Crippen molar-refractivity contribution in [2.45, 2.75) is 6.61 Å². The molecule has 10 heteroatoms. The third-order valence-corrected chi connectivity index (χ3v) is 6.67. The van der Waals surface area contributed by atoms with Gasteiger partial charge in [-0.25, -0.2) is 0 Å². The minimum atomic E-state index is -3.69. The fraction of sp³-hybridized carbons (Fsp3) is 0.172. The number of rotatable bonds is 10. The van der Waals surface area contributed by atoms with Crippen molar-refractivity contribution in [1.29, 1.82) is 0 Å². The molecular weight excluding hydrogens is 544 g/mol. The largest absolute Gasteiger partial charge is 0.504 e. The Bertz CT molecular complexity index is 1570. The van der Waals surface area contributed by atoms with E-state index in [2.05, 4.69) is 0 Å². The fourth-order valence-corrected chi connectivity index (χ4v) is 4.94. The van der Waals surface area contributed by atoms with Crippen LogP contribution in [0.3, 0.4) is 0 Å². The van der Waals surface area contributed by atoms with Crippen LogP contribution in [0.2, 0.25) is 5.02 Å². The van der Waals surface area contributed by atoms with Crippen molar-refractivity contribution in [3.63, 3.8) is 0 Å². The molecule has 0 bridgehead atoms. The highest BCUT2D eigenvalue weighted by molar-refractivity contribution is 7.86. The Kier molecular flexibility index (Phi) is 8.42. The van der Waals surface area contributed by atoms with Crippen LogP contribution in [-0.4, -0.2) is 41.1 Å². The highest BCUT2D eigenvalue weighted by Crippen LogP contribution is 2.55. The maximum atomic E-state index is 11.4. The number of phenolic OH excluding ortho intramolecular Hbond substituents is 1. The maximum Gasteiger partial charge on any atom is 0.306 e. The molecule has 0 fully saturated rings. The van der Waals surface area contributed by atoms with Crippen molar-refractivity contribution in [2.24, 2.45) is 0 Å². The van der Waals surface area contributed by atoms with Crippen LogP contribution < -0.4 is 23.1 Å². The van der Waals surface area contributed by atoms with E-state index >= 15 is 0 Å². The summed E-state index contributed by atoms with van der Waals surface area (Å²) in [7, 11) is 0.694. The summed E-state index contributed by atoms with van der Waals surface area (Å²) < 4.78 is 50.6. The van der Waals surface area contributed by atoms with E-state index in [1.165, 1.54) is 33.5 Å². The zero-order valence-corrected chi connectivity index (χ0v) is 23.3. The third-order valence-electron chi connectivity index (χ3n) is 5.81. The Morgan fingerprint density at radius 3 is 2.00 bits per heavy atom. The molecule has 0 heterocycles. The maximum absolute atomic E-state index is 11.4. The Morgan fingerprint density at radius 1 is 0.769 bits per heavy atom. The van der Waals surface area contributed by atoms with Gasteiger partial charge in [0.15, 0.2) is 23.0 Å². The minimum Gasteiger partial charge on any atom is -0.504 e. The lowest BCUT2D eigenvalue weighted by Crippen LogP contribution is -2.05. The van der Waals surface area contributed by atoms with E-state index in [9.17, 15) is 13.5 Å². The van der Waals surface area contributed by atoms with Gasteiger partial charge in [-0.1, -0.05) is 60.1 Å².